The van der Waals surface area contributed by atoms with Crippen LogP contribution in [0.5, 0.6) is 0 Å². The van der Waals surface area contributed by atoms with Crippen LogP contribution in [0.25, 0.3) is 0 Å². The summed E-state index contributed by atoms with van der Waals surface area (Å²) in [6, 6.07) is 0. The Hall–Kier alpha value is 4.98. The van der Waals surface area contributed by atoms with Crippen molar-refractivity contribution in [2.75, 3.05) is 6.61 Å². The Labute approximate surface area is 321 Å². The molecular weight excluding hydrogens is 493 g/mol. The molecule has 0 spiro atoms. The van der Waals surface area contributed by atoms with Gasteiger partial charge in [-0.3, -0.25) is 0 Å². The van der Waals surface area contributed by atoms with Crippen LogP contribution in [-0.4, -0.2) is 11.7 Å². The summed E-state index contributed by atoms with van der Waals surface area (Å²) in [5, 5.41) is 8.71. The fourth-order valence-corrected chi connectivity index (χ4v) is 3.37. The number of hydrogen-bond donors (Lipinski definition) is 1. The maximum absolute atomic E-state index is 8.71. The summed E-state index contributed by atoms with van der Waals surface area (Å²) in [4.78, 5) is 25.6. The van der Waals surface area contributed by atoms with Gasteiger partial charge in [0.1, 0.15) is 0 Å². The molecule has 0 unspecified atom stereocenters. The van der Waals surface area contributed by atoms with Crippen molar-refractivity contribution in [2.45, 2.75) is 135 Å². The Morgan fingerprint density at radius 2 is 0.645 bits per heavy atom. The third-order valence-electron chi connectivity index (χ3n) is 5.01. The van der Waals surface area contributed by atoms with E-state index in [0.29, 0.717) is 6.61 Å². The van der Waals surface area contributed by atoms with Crippen molar-refractivity contribution in [3.05, 3.63) is 0 Å². The van der Waals surface area contributed by atoms with Crippen molar-refractivity contribution in [2.24, 2.45) is 0 Å². The Morgan fingerprint density at radius 3 is 0.806 bits per heavy atom. The summed E-state index contributed by atoms with van der Waals surface area (Å²) in [5.74, 6) is 0. The number of phosphoric acid groups is 1. The largest absolute Gasteiger partial charge is 1.00 e. The van der Waals surface area contributed by atoms with Gasteiger partial charge in [0.15, 0.2) is 0 Å². The molecule has 9 heteroatoms. The van der Waals surface area contributed by atoms with Gasteiger partial charge in [-0.2, -0.15) is 7.82 Å². The molecule has 5 nitrogen and oxygen atoms in total. The van der Waals surface area contributed by atoms with E-state index >= 15 is 0 Å². The zero-order valence-corrected chi connectivity index (χ0v) is 31.6. The fourth-order valence-electron chi connectivity index (χ4n) is 3.37. The van der Waals surface area contributed by atoms with Gasteiger partial charge in [0.2, 0.25) is 0 Å². The topological polar surface area (TPSA) is 106 Å². The predicted molar refractivity (Wildman–Crippen MR) is 113 cm³/mol. The van der Waals surface area contributed by atoms with E-state index in [1.54, 1.807) is 0 Å². The summed E-state index contributed by atoms with van der Waals surface area (Å²) >= 11 is 0. The van der Waals surface area contributed by atoms with Gasteiger partial charge in [-0.25, -0.2) is 0 Å². The molecule has 1 N–H and O–H groups in total. The van der Waals surface area contributed by atoms with Gasteiger partial charge >= 0.3 is 154 Å². The molecule has 0 radical (unpaired) electrons. The maximum atomic E-state index is 8.71. The minimum atomic E-state index is -5.39. The van der Waals surface area contributed by atoms with Gasteiger partial charge in [0, 0.05) is 6.61 Å². The van der Waals surface area contributed by atoms with Crippen LogP contribution < -0.4 is 169 Å². The van der Waals surface area contributed by atoms with Crippen LogP contribution in [0, 0.1) is 0 Å². The summed E-state index contributed by atoms with van der Waals surface area (Å²) in [5.41, 5.74) is 0. The van der Waals surface area contributed by atoms with Gasteiger partial charge < -0.3 is 24.4 Å². The monoisotopic (exact) mass is 538 g/mol. The van der Waals surface area contributed by atoms with E-state index in [1.165, 1.54) is 122 Å². The third kappa shape index (κ3) is 61.0. The molecule has 0 saturated heterocycles. The first-order valence-electron chi connectivity index (χ1n) is 11.8. The van der Waals surface area contributed by atoms with Crippen LogP contribution in [0.2, 0.25) is 0 Å². The van der Waals surface area contributed by atoms with E-state index < -0.39 is 7.82 Å². The smallest absolute Gasteiger partial charge is 0.822 e. The normalized spacial score (nSPS) is 10.2. The van der Waals surface area contributed by atoms with Crippen molar-refractivity contribution < 1.29 is 179 Å². The van der Waals surface area contributed by atoms with Gasteiger partial charge in [-0.1, -0.05) is 129 Å². The van der Waals surface area contributed by atoms with E-state index in [1.807, 2.05) is 0 Å². The van der Waals surface area contributed by atoms with Crippen molar-refractivity contribution >= 4 is 7.82 Å². The van der Waals surface area contributed by atoms with Crippen LogP contribution in [0.4, 0.5) is 0 Å². The number of unbranched alkanes of at least 4 members (excludes halogenated alkanes) is 19. The second-order valence-electron chi connectivity index (χ2n) is 7.89. The number of hydrogen-bond acceptors (Lipinski definition) is 5. The molecule has 0 aliphatic heterocycles. The summed E-state index contributed by atoms with van der Waals surface area (Å²) in [6.07, 6.45) is 28.1. The second kappa shape index (κ2) is 39.5. The Bertz CT molecular complexity index is 306. The molecule has 0 aromatic carbocycles. The number of rotatable bonds is 20. The van der Waals surface area contributed by atoms with Crippen molar-refractivity contribution in [1.82, 2.24) is 0 Å². The second-order valence-corrected chi connectivity index (χ2v) is 8.78. The summed E-state index contributed by atoms with van der Waals surface area (Å²) < 4.78 is 8.55. The molecular formula is C22H46K3O5P. The molecule has 0 aromatic rings. The molecule has 0 fully saturated rings. The molecule has 31 heavy (non-hydrogen) atoms. The predicted octanol–water partition coefficient (Wildman–Crippen LogP) is -4.01. The third-order valence-corrected chi connectivity index (χ3v) is 5.01. The van der Waals surface area contributed by atoms with Crippen LogP contribution >= 0.6 is 7.82 Å². The maximum Gasteiger partial charge on any atom is 1.00 e. The van der Waals surface area contributed by atoms with Crippen molar-refractivity contribution in [3.8, 4) is 0 Å². The minimum absolute atomic E-state index is 0. The van der Waals surface area contributed by atoms with Crippen LogP contribution in [-0.2, 0) is 4.57 Å². The number of aliphatic hydroxyl groups is 1. The van der Waals surface area contributed by atoms with Gasteiger partial charge in [-0.05, 0) is 6.42 Å². The number of aliphatic hydroxyl groups excluding tert-OH is 1. The molecule has 0 aromatic heterocycles. The standard InChI is InChI=1S/C22H46O.3K.H3O4P/c1-2-3-4-5-6-7-8-9-10-11-12-13-14-15-16-17-18-19-20-21-22-23;;;;1-5(2,3)4/h23H,2-22H2,1H3;;;;(H3,1,2,3,4)/q;3*+1;/p-3. The molecule has 0 amide bonds. The van der Waals surface area contributed by atoms with E-state index in [9.17, 15) is 0 Å². The van der Waals surface area contributed by atoms with E-state index in [-0.39, 0.29) is 154 Å². The average molecular weight is 539 g/mol. The molecule has 0 rings (SSSR count). The average Bonchev–Trinajstić information content (AvgIpc) is 2.62. The summed E-state index contributed by atoms with van der Waals surface area (Å²) in [6.45, 7) is 2.67. The molecule has 0 aliphatic rings. The molecule has 0 atom stereocenters. The zero-order chi connectivity index (χ0) is 21.3. The molecule has 0 bridgehead atoms. The first-order chi connectivity index (χ1) is 13.4. The Balaban J connectivity index is -0.000000252. The molecule has 0 saturated carbocycles. The minimum Gasteiger partial charge on any atom is -0.822 e. The van der Waals surface area contributed by atoms with Crippen LogP contribution in [0.3, 0.4) is 0 Å². The zero-order valence-electron chi connectivity index (χ0n) is 21.4. The summed E-state index contributed by atoms with van der Waals surface area (Å²) in [7, 11) is -5.39. The molecule has 0 aliphatic carbocycles. The molecule has 172 valence electrons. The molecule has 0 heterocycles. The van der Waals surface area contributed by atoms with Crippen LogP contribution in [0.1, 0.15) is 135 Å². The van der Waals surface area contributed by atoms with E-state index in [0.717, 1.165) is 6.42 Å². The van der Waals surface area contributed by atoms with Gasteiger partial charge in [-0.15, -0.1) is 0 Å². The van der Waals surface area contributed by atoms with Crippen molar-refractivity contribution in [1.29, 1.82) is 0 Å². The SMILES string of the molecule is CCCCCCCCCCCCCCCCCCCCCCO.O=P([O-])([O-])[O-].[K+].[K+].[K+]. The quantitative estimate of drug-likeness (QED) is 0.0966. The first kappa shape index (κ1) is 45.9. The van der Waals surface area contributed by atoms with E-state index in [4.69, 9.17) is 24.4 Å². The first-order valence-corrected chi connectivity index (χ1v) is 13.2. The van der Waals surface area contributed by atoms with Crippen molar-refractivity contribution in [3.63, 3.8) is 0 Å². The Morgan fingerprint density at radius 1 is 0.484 bits per heavy atom. The fraction of sp³-hybridized carbons (Fsp3) is 1.00. The van der Waals surface area contributed by atoms with Gasteiger partial charge in [0.25, 0.3) is 0 Å². The van der Waals surface area contributed by atoms with Gasteiger partial charge in [0.05, 0.1) is 0 Å². The van der Waals surface area contributed by atoms with E-state index in [2.05, 4.69) is 6.92 Å². The van der Waals surface area contributed by atoms with Crippen LogP contribution in [0.15, 0.2) is 0 Å². The Kier molecular flexibility index (Phi) is 58.4.